The number of rotatable bonds is 3. The molecule has 6 heteroatoms. The quantitative estimate of drug-likeness (QED) is 0.510. The number of hydrogen-bond donors (Lipinski definition) is 1. The van der Waals surface area contributed by atoms with E-state index in [1.54, 1.807) is 6.20 Å². The summed E-state index contributed by atoms with van der Waals surface area (Å²) < 4.78 is 0. The Morgan fingerprint density at radius 1 is 0.667 bits per heavy atom. The second-order valence-corrected chi connectivity index (χ2v) is 5.00. The standard InChI is InChI=1S/C18H13N5.Tb/c1-2-7-13(8-3-1)17-21-18(23-22-17)16-11-6-10-15(20-16)14-9-4-5-12-19-14;/h1-12H,(H,21,22,23);. The average molecular weight is 458 g/mol. The molecule has 5 nitrogen and oxygen atoms in total. The summed E-state index contributed by atoms with van der Waals surface area (Å²) in [6.07, 6.45) is 1.76. The smallest absolute Gasteiger partial charge is 0.181 e. The molecule has 24 heavy (non-hydrogen) atoms. The number of pyridine rings is 2. The van der Waals surface area contributed by atoms with Gasteiger partial charge in [-0.15, -0.1) is 0 Å². The van der Waals surface area contributed by atoms with Crippen molar-refractivity contribution in [1.82, 2.24) is 25.1 Å². The Morgan fingerprint density at radius 3 is 2.21 bits per heavy atom. The van der Waals surface area contributed by atoms with Crippen molar-refractivity contribution in [1.29, 1.82) is 0 Å². The Labute approximate surface area is 170 Å². The van der Waals surface area contributed by atoms with E-state index in [1.807, 2.05) is 66.7 Å². The molecule has 0 aliphatic heterocycles. The fraction of sp³-hybridized carbons (Fsp3) is 0. The third-order valence-electron chi connectivity index (χ3n) is 3.44. The largest absolute Gasteiger partial charge is 0.257 e. The number of aromatic nitrogens is 5. The van der Waals surface area contributed by atoms with Crippen LogP contribution in [0.25, 0.3) is 34.3 Å². The van der Waals surface area contributed by atoms with Gasteiger partial charge in [0.15, 0.2) is 11.6 Å². The second-order valence-electron chi connectivity index (χ2n) is 5.00. The molecule has 1 radical (unpaired) electrons. The van der Waals surface area contributed by atoms with Crippen molar-refractivity contribution < 1.29 is 38.6 Å². The van der Waals surface area contributed by atoms with Gasteiger partial charge in [-0.2, -0.15) is 5.10 Å². The van der Waals surface area contributed by atoms with Gasteiger partial charge in [0, 0.05) is 50.4 Å². The maximum atomic E-state index is 4.62. The predicted molar refractivity (Wildman–Crippen MR) is 88.3 cm³/mol. The van der Waals surface area contributed by atoms with Gasteiger partial charge in [0.25, 0.3) is 0 Å². The van der Waals surface area contributed by atoms with Crippen LogP contribution in [0.2, 0.25) is 0 Å². The van der Waals surface area contributed by atoms with Gasteiger partial charge in [-0.3, -0.25) is 10.1 Å². The molecule has 119 valence electrons. The maximum Gasteiger partial charge on any atom is 0.181 e. The zero-order chi connectivity index (χ0) is 15.5. The second kappa shape index (κ2) is 7.68. The third-order valence-corrected chi connectivity index (χ3v) is 3.44. The molecule has 0 bridgehead atoms. The van der Waals surface area contributed by atoms with Gasteiger partial charge < -0.3 is 0 Å². The molecule has 0 saturated heterocycles. The van der Waals surface area contributed by atoms with E-state index in [2.05, 4.69) is 25.1 Å². The van der Waals surface area contributed by atoms with E-state index < -0.39 is 0 Å². The van der Waals surface area contributed by atoms with Crippen LogP contribution < -0.4 is 0 Å². The topological polar surface area (TPSA) is 67.3 Å². The molecule has 0 amide bonds. The zero-order valence-corrected chi connectivity index (χ0v) is 14.7. The van der Waals surface area contributed by atoms with Crippen LogP contribution in [-0.4, -0.2) is 25.1 Å². The summed E-state index contributed by atoms with van der Waals surface area (Å²) in [5.74, 6) is 1.30. The molecule has 1 aromatic carbocycles. The number of H-pyrrole nitrogens is 1. The van der Waals surface area contributed by atoms with Crippen molar-refractivity contribution in [3.8, 4) is 34.3 Å². The summed E-state index contributed by atoms with van der Waals surface area (Å²) >= 11 is 0. The van der Waals surface area contributed by atoms with Crippen LogP contribution in [-0.2, 0) is 0 Å². The molecule has 4 rings (SSSR count). The van der Waals surface area contributed by atoms with Crippen LogP contribution in [0.5, 0.6) is 0 Å². The van der Waals surface area contributed by atoms with Crippen molar-refractivity contribution in [3.63, 3.8) is 0 Å². The van der Waals surface area contributed by atoms with Gasteiger partial charge in [0.1, 0.15) is 5.69 Å². The summed E-state index contributed by atoms with van der Waals surface area (Å²) in [5, 5.41) is 7.23. The van der Waals surface area contributed by atoms with E-state index in [9.17, 15) is 0 Å². The third kappa shape index (κ3) is 3.54. The fourth-order valence-corrected chi connectivity index (χ4v) is 2.32. The van der Waals surface area contributed by atoms with E-state index >= 15 is 0 Å². The zero-order valence-electron chi connectivity index (χ0n) is 12.6. The molecule has 4 aromatic rings. The molecule has 0 aliphatic carbocycles. The SMILES string of the molecule is [Tb].c1ccc(-c2n[nH]c(-c3cccc(-c4ccccn4)n3)n2)cc1. The Hall–Kier alpha value is -2.05. The van der Waals surface area contributed by atoms with E-state index in [-0.39, 0.29) is 38.6 Å². The van der Waals surface area contributed by atoms with Crippen molar-refractivity contribution in [2.24, 2.45) is 0 Å². The fourth-order valence-electron chi connectivity index (χ4n) is 2.32. The first-order valence-corrected chi connectivity index (χ1v) is 7.27. The molecular formula is C18H13N5Tb. The van der Waals surface area contributed by atoms with Crippen molar-refractivity contribution in [2.75, 3.05) is 0 Å². The average Bonchev–Trinajstić information content (AvgIpc) is 3.14. The molecule has 0 aliphatic rings. The molecular weight excluding hydrogens is 445 g/mol. The molecule has 1 N–H and O–H groups in total. The molecule has 0 atom stereocenters. The summed E-state index contributed by atoms with van der Waals surface area (Å²) in [4.78, 5) is 13.5. The van der Waals surface area contributed by atoms with Crippen LogP contribution >= 0.6 is 0 Å². The van der Waals surface area contributed by atoms with Gasteiger partial charge in [-0.25, -0.2) is 9.97 Å². The number of hydrogen-bond acceptors (Lipinski definition) is 4. The van der Waals surface area contributed by atoms with Crippen LogP contribution in [0.1, 0.15) is 0 Å². The Morgan fingerprint density at radius 2 is 1.42 bits per heavy atom. The maximum absolute atomic E-state index is 4.62. The van der Waals surface area contributed by atoms with E-state index in [4.69, 9.17) is 0 Å². The van der Waals surface area contributed by atoms with Gasteiger partial charge in [-0.05, 0) is 24.3 Å². The Kier molecular flexibility index (Phi) is 5.37. The molecule has 0 saturated carbocycles. The molecule has 3 aromatic heterocycles. The number of benzene rings is 1. The normalized spacial score (nSPS) is 10.2. The van der Waals surface area contributed by atoms with Crippen LogP contribution in [0.3, 0.4) is 0 Å². The van der Waals surface area contributed by atoms with Gasteiger partial charge in [0.2, 0.25) is 0 Å². The van der Waals surface area contributed by atoms with E-state index in [1.165, 1.54) is 0 Å². The van der Waals surface area contributed by atoms with Gasteiger partial charge in [0.05, 0.1) is 11.4 Å². The summed E-state index contributed by atoms with van der Waals surface area (Å²) in [6.45, 7) is 0. The van der Waals surface area contributed by atoms with Crippen molar-refractivity contribution >= 4 is 0 Å². The molecule has 0 spiro atoms. The monoisotopic (exact) mass is 458 g/mol. The Balaban J connectivity index is 0.00000169. The summed E-state index contributed by atoms with van der Waals surface area (Å²) in [7, 11) is 0. The summed E-state index contributed by atoms with van der Waals surface area (Å²) in [6, 6.07) is 21.4. The first-order chi connectivity index (χ1) is 11.4. The van der Waals surface area contributed by atoms with Gasteiger partial charge in [-0.1, -0.05) is 42.5 Å². The van der Waals surface area contributed by atoms with Crippen LogP contribution in [0.4, 0.5) is 0 Å². The Bertz CT molecular complexity index is 922. The minimum Gasteiger partial charge on any atom is -0.257 e. The first kappa shape index (κ1) is 16.8. The number of nitrogens with zero attached hydrogens (tertiary/aromatic N) is 4. The molecule has 0 unspecified atom stereocenters. The van der Waals surface area contributed by atoms with Crippen LogP contribution in [0.15, 0.2) is 72.9 Å². The van der Waals surface area contributed by atoms with E-state index in [0.29, 0.717) is 11.6 Å². The van der Waals surface area contributed by atoms with E-state index in [0.717, 1.165) is 22.6 Å². The van der Waals surface area contributed by atoms with Crippen molar-refractivity contribution in [2.45, 2.75) is 0 Å². The minimum atomic E-state index is 0. The molecule has 0 fully saturated rings. The predicted octanol–water partition coefficient (Wildman–Crippen LogP) is 3.60. The first-order valence-electron chi connectivity index (χ1n) is 7.27. The van der Waals surface area contributed by atoms with Gasteiger partial charge >= 0.3 is 0 Å². The number of nitrogens with one attached hydrogen (secondary N) is 1. The van der Waals surface area contributed by atoms with Crippen LogP contribution in [0, 0.1) is 38.6 Å². The number of aromatic amines is 1. The summed E-state index contributed by atoms with van der Waals surface area (Å²) in [5.41, 5.74) is 3.34. The minimum absolute atomic E-state index is 0. The van der Waals surface area contributed by atoms with Crippen molar-refractivity contribution in [3.05, 3.63) is 72.9 Å². The molecule has 3 heterocycles.